The summed E-state index contributed by atoms with van der Waals surface area (Å²) in [5, 5.41) is 32.4. The first-order chi connectivity index (χ1) is 12.0. The third kappa shape index (κ3) is 4.33. The Bertz CT molecular complexity index is 647. The fourth-order valence-corrected chi connectivity index (χ4v) is 3.08. The first kappa shape index (κ1) is 22.3. The third-order valence-electron chi connectivity index (χ3n) is 5.04. The molecule has 5 nitrogen and oxygen atoms in total. The molecule has 0 radical (unpaired) electrons. The monoisotopic (exact) mass is 364 g/mol. The first-order valence-electron chi connectivity index (χ1n) is 9.17. The van der Waals surface area contributed by atoms with E-state index in [4.69, 9.17) is 0 Å². The van der Waals surface area contributed by atoms with Crippen LogP contribution < -0.4 is 0 Å². The number of hydrogen-bond donors (Lipinski definition) is 3. The van der Waals surface area contributed by atoms with E-state index in [1.807, 2.05) is 34.6 Å². The SMILES string of the molecule is CCC(C)C(=O)C1=C(O)[C@@](O)([C@@H](O)CC=C(C)C)[C@H](CC=C(C)C)C1=O. The van der Waals surface area contributed by atoms with Gasteiger partial charge < -0.3 is 15.3 Å². The third-order valence-corrected chi connectivity index (χ3v) is 5.04. The smallest absolute Gasteiger partial charge is 0.176 e. The fourth-order valence-electron chi connectivity index (χ4n) is 3.08. The molecule has 0 fully saturated rings. The molecule has 1 rings (SSSR count). The number of carbonyl (C=O) groups excluding carboxylic acids is 2. The van der Waals surface area contributed by atoms with E-state index >= 15 is 0 Å². The van der Waals surface area contributed by atoms with Crippen molar-refractivity contribution in [1.29, 1.82) is 0 Å². The standard InChI is InChI=1S/C21H32O5/c1-7-14(6)18(23)17-19(24)15(10-8-12(2)3)21(26,20(17)25)16(22)11-9-13(4)5/h8-9,14-16,22,25-26H,7,10-11H2,1-6H3/t14?,15-,16+,21+/m1/s1. The van der Waals surface area contributed by atoms with Gasteiger partial charge in [-0.25, -0.2) is 0 Å². The molecule has 0 amide bonds. The summed E-state index contributed by atoms with van der Waals surface area (Å²) in [6.45, 7) is 10.9. The molecule has 5 heteroatoms. The molecule has 0 aliphatic heterocycles. The summed E-state index contributed by atoms with van der Waals surface area (Å²) in [5.74, 6) is -3.29. The Kier molecular flexibility index (Phi) is 7.54. The van der Waals surface area contributed by atoms with Gasteiger partial charge >= 0.3 is 0 Å². The molecule has 0 aromatic heterocycles. The molecular formula is C21H32O5. The zero-order valence-corrected chi connectivity index (χ0v) is 16.7. The summed E-state index contributed by atoms with van der Waals surface area (Å²) in [6, 6.07) is 0. The number of allylic oxidation sites excluding steroid dienone is 4. The molecule has 0 saturated carbocycles. The Labute approximate surface area is 156 Å². The quantitative estimate of drug-likeness (QED) is 0.453. The molecule has 1 aliphatic rings. The van der Waals surface area contributed by atoms with Gasteiger partial charge in [0.2, 0.25) is 0 Å². The van der Waals surface area contributed by atoms with Crippen LogP contribution in [0.4, 0.5) is 0 Å². The van der Waals surface area contributed by atoms with Crippen LogP contribution in [0.5, 0.6) is 0 Å². The van der Waals surface area contributed by atoms with Gasteiger partial charge in [-0.05, 0) is 47.0 Å². The Morgan fingerprint density at radius 2 is 1.73 bits per heavy atom. The summed E-state index contributed by atoms with van der Waals surface area (Å²) in [4.78, 5) is 25.5. The first-order valence-corrected chi connectivity index (χ1v) is 9.17. The van der Waals surface area contributed by atoms with Crippen LogP contribution in [-0.4, -0.2) is 38.6 Å². The highest BCUT2D eigenvalue weighted by atomic mass is 16.4. The number of carbonyl (C=O) groups is 2. The molecule has 3 N–H and O–H groups in total. The lowest BCUT2D eigenvalue weighted by Crippen LogP contribution is -2.49. The highest BCUT2D eigenvalue weighted by molar-refractivity contribution is 6.24. The second kappa shape index (κ2) is 8.78. The number of rotatable bonds is 8. The van der Waals surface area contributed by atoms with Crippen molar-refractivity contribution in [1.82, 2.24) is 0 Å². The maximum atomic E-state index is 12.9. The van der Waals surface area contributed by atoms with E-state index in [-0.39, 0.29) is 18.4 Å². The van der Waals surface area contributed by atoms with Crippen LogP contribution in [-0.2, 0) is 9.59 Å². The Morgan fingerprint density at radius 3 is 2.19 bits per heavy atom. The number of ketones is 2. The number of hydrogen-bond acceptors (Lipinski definition) is 5. The molecule has 0 heterocycles. The summed E-state index contributed by atoms with van der Waals surface area (Å²) in [7, 11) is 0. The lowest BCUT2D eigenvalue weighted by Gasteiger charge is -2.33. The van der Waals surface area contributed by atoms with Crippen LogP contribution in [0.2, 0.25) is 0 Å². The molecule has 26 heavy (non-hydrogen) atoms. The largest absolute Gasteiger partial charge is 0.508 e. The van der Waals surface area contributed by atoms with Gasteiger partial charge in [0, 0.05) is 5.92 Å². The second-order valence-corrected chi connectivity index (χ2v) is 7.69. The molecular weight excluding hydrogens is 332 g/mol. The van der Waals surface area contributed by atoms with Gasteiger partial charge in [-0.3, -0.25) is 9.59 Å². The van der Waals surface area contributed by atoms with Crippen molar-refractivity contribution < 1.29 is 24.9 Å². The summed E-state index contributed by atoms with van der Waals surface area (Å²) in [5.41, 5.74) is -0.629. The normalized spacial score (nSPS) is 25.1. The van der Waals surface area contributed by atoms with Gasteiger partial charge in [0.15, 0.2) is 17.2 Å². The molecule has 1 unspecified atom stereocenters. The Morgan fingerprint density at radius 1 is 1.19 bits per heavy atom. The maximum absolute atomic E-state index is 12.9. The highest BCUT2D eigenvalue weighted by Gasteiger charge is 2.58. The molecule has 0 saturated heterocycles. The van der Waals surface area contributed by atoms with Crippen LogP contribution in [0.1, 0.15) is 60.8 Å². The van der Waals surface area contributed by atoms with Crippen molar-refractivity contribution in [2.24, 2.45) is 11.8 Å². The molecule has 4 atom stereocenters. The molecule has 0 spiro atoms. The van der Waals surface area contributed by atoms with Gasteiger partial charge in [-0.15, -0.1) is 0 Å². The topological polar surface area (TPSA) is 94.8 Å². The van der Waals surface area contributed by atoms with E-state index in [1.54, 1.807) is 19.1 Å². The fraction of sp³-hybridized carbons (Fsp3) is 0.619. The highest BCUT2D eigenvalue weighted by Crippen LogP contribution is 2.43. The van der Waals surface area contributed by atoms with E-state index in [2.05, 4.69) is 0 Å². The lowest BCUT2D eigenvalue weighted by atomic mass is 9.80. The molecule has 146 valence electrons. The number of aliphatic hydroxyl groups excluding tert-OH is 2. The van der Waals surface area contributed by atoms with Crippen LogP contribution in [0.15, 0.2) is 34.6 Å². The van der Waals surface area contributed by atoms with Gasteiger partial charge in [0.25, 0.3) is 0 Å². The molecule has 1 aliphatic carbocycles. The van der Waals surface area contributed by atoms with Crippen molar-refractivity contribution in [2.45, 2.75) is 72.5 Å². The zero-order chi connectivity index (χ0) is 20.2. The van der Waals surface area contributed by atoms with Crippen molar-refractivity contribution in [3.8, 4) is 0 Å². The second-order valence-electron chi connectivity index (χ2n) is 7.69. The lowest BCUT2D eigenvalue weighted by molar-refractivity contribution is -0.134. The van der Waals surface area contributed by atoms with Gasteiger partial charge in [-0.1, -0.05) is 37.1 Å². The minimum absolute atomic E-state index is 0.0757. The van der Waals surface area contributed by atoms with Crippen molar-refractivity contribution in [3.63, 3.8) is 0 Å². The van der Waals surface area contributed by atoms with Crippen LogP contribution >= 0.6 is 0 Å². The van der Waals surface area contributed by atoms with Crippen LogP contribution in [0.3, 0.4) is 0 Å². The Balaban J connectivity index is 3.43. The van der Waals surface area contributed by atoms with Gasteiger partial charge in [0.05, 0.1) is 12.0 Å². The molecule has 0 aromatic rings. The zero-order valence-electron chi connectivity index (χ0n) is 16.7. The van der Waals surface area contributed by atoms with E-state index in [1.165, 1.54) is 0 Å². The summed E-state index contributed by atoms with van der Waals surface area (Å²) in [6.07, 6.45) is 2.84. The predicted molar refractivity (Wildman–Crippen MR) is 102 cm³/mol. The minimum atomic E-state index is -2.16. The average Bonchev–Trinajstić information content (AvgIpc) is 2.76. The average molecular weight is 364 g/mol. The molecule has 0 bridgehead atoms. The Hall–Kier alpha value is -1.72. The summed E-state index contributed by atoms with van der Waals surface area (Å²) >= 11 is 0. The van der Waals surface area contributed by atoms with Gasteiger partial charge in [-0.2, -0.15) is 0 Å². The number of aliphatic hydroxyl groups is 3. The van der Waals surface area contributed by atoms with Crippen LogP contribution in [0.25, 0.3) is 0 Å². The van der Waals surface area contributed by atoms with E-state index in [0.29, 0.717) is 6.42 Å². The predicted octanol–water partition coefficient (Wildman–Crippen LogP) is 3.42. The van der Waals surface area contributed by atoms with Crippen molar-refractivity contribution in [2.75, 3.05) is 0 Å². The summed E-state index contributed by atoms with van der Waals surface area (Å²) < 4.78 is 0. The van der Waals surface area contributed by atoms with Crippen LogP contribution in [0, 0.1) is 11.8 Å². The number of Topliss-reactive ketones (excluding diaryl/α,β-unsaturated/α-hetero) is 2. The van der Waals surface area contributed by atoms with Gasteiger partial charge in [0.1, 0.15) is 11.3 Å². The minimum Gasteiger partial charge on any atom is -0.508 e. The van der Waals surface area contributed by atoms with E-state index in [9.17, 15) is 24.9 Å². The van der Waals surface area contributed by atoms with Crippen molar-refractivity contribution >= 4 is 11.6 Å². The molecule has 0 aromatic carbocycles. The van der Waals surface area contributed by atoms with E-state index < -0.39 is 40.9 Å². The van der Waals surface area contributed by atoms with E-state index in [0.717, 1.165) is 11.1 Å². The van der Waals surface area contributed by atoms with Crippen molar-refractivity contribution in [3.05, 3.63) is 34.6 Å². The maximum Gasteiger partial charge on any atom is 0.176 e.